The monoisotopic (exact) mass is 283 g/mol. The molecule has 18 heavy (non-hydrogen) atoms. The quantitative estimate of drug-likeness (QED) is 0.844. The third kappa shape index (κ3) is 2.49. The number of nitrogens with zero attached hydrogens (tertiary/aromatic N) is 1. The Morgan fingerprint density at radius 2 is 1.78 bits per heavy atom. The summed E-state index contributed by atoms with van der Waals surface area (Å²) in [6.45, 7) is 1.82. The van der Waals surface area contributed by atoms with Gasteiger partial charge in [0, 0.05) is 0 Å². The Morgan fingerprint density at radius 1 is 1.17 bits per heavy atom. The Hall–Kier alpha value is -0.750. The van der Waals surface area contributed by atoms with E-state index in [-0.39, 0.29) is 0 Å². The Balaban J connectivity index is 2.34. The van der Waals surface area contributed by atoms with Gasteiger partial charge in [0.05, 0.1) is 27.1 Å². The van der Waals surface area contributed by atoms with Crippen molar-refractivity contribution in [2.24, 2.45) is 0 Å². The zero-order valence-electron chi connectivity index (χ0n) is 10.2. The summed E-state index contributed by atoms with van der Waals surface area (Å²) in [5.74, 6) is 0. The van der Waals surface area contributed by atoms with Crippen LogP contribution in [0.1, 0.15) is 38.2 Å². The van der Waals surface area contributed by atoms with Crippen LogP contribution in [0.15, 0.2) is 18.2 Å². The Bertz CT molecular complexity index is 495. The molecule has 1 saturated carbocycles. The van der Waals surface area contributed by atoms with Crippen molar-refractivity contribution in [3.05, 3.63) is 33.8 Å². The minimum absolute atomic E-state index is 0.473. The van der Waals surface area contributed by atoms with E-state index in [0.717, 1.165) is 5.56 Å². The van der Waals surface area contributed by atoms with Gasteiger partial charge in [-0.15, -0.1) is 0 Å². The minimum Gasteiger partial charge on any atom is -0.390 e. The smallest absolute Gasteiger partial charge is 0.0825 e. The van der Waals surface area contributed by atoms with Crippen molar-refractivity contribution in [1.29, 1.82) is 5.26 Å². The van der Waals surface area contributed by atoms with Crippen LogP contribution in [0.3, 0.4) is 0 Å². The molecule has 1 aromatic rings. The molecule has 0 unspecified atom stereocenters. The molecule has 0 aliphatic heterocycles. The fourth-order valence-electron chi connectivity index (χ4n) is 2.47. The summed E-state index contributed by atoms with van der Waals surface area (Å²) in [5, 5.41) is 20.5. The maximum atomic E-state index is 9.99. The van der Waals surface area contributed by atoms with E-state index in [9.17, 15) is 10.4 Å². The summed E-state index contributed by atoms with van der Waals surface area (Å²) in [5.41, 5.74) is -0.303. The first-order valence-corrected chi connectivity index (χ1v) is 6.73. The van der Waals surface area contributed by atoms with Crippen LogP contribution in [0.2, 0.25) is 10.0 Å². The summed E-state index contributed by atoms with van der Waals surface area (Å²) in [6.07, 6.45) is 2.55. The molecule has 1 fully saturated rings. The first kappa shape index (κ1) is 13.7. The second kappa shape index (κ2) is 4.74. The standard InChI is InChI=1S/C14H15Cl2NO/c1-13(18)4-6-14(9-17,7-5-13)10-2-3-11(15)12(16)8-10/h2-3,8,18H,4-7H2,1H3. The predicted octanol–water partition coefficient (Wildman–Crippen LogP) is 4.08. The lowest BCUT2D eigenvalue weighted by molar-refractivity contribution is 0.00854. The molecule has 1 aliphatic carbocycles. The molecule has 4 heteroatoms. The number of rotatable bonds is 1. The molecule has 0 heterocycles. The van der Waals surface area contributed by atoms with Crippen molar-refractivity contribution < 1.29 is 5.11 Å². The first-order chi connectivity index (χ1) is 8.38. The largest absolute Gasteiger partial charge is 0.390 e. The lowest BCUT2D eigenvalue weighted by atomic mass is 9.66. The molecule has 1 N–H and O–H groups in total. The second-order valence-corrected chi connectivity index (χ2v) is 6.13. The average molecular weight is 284 g/mol. The van der Waals surface area contributed by atoms with Crippen molar-refractivity contribution in [1.82, 2.24) is 0 Å². The van der Waals surface area contributed by atoms with E-state index in [1.807, 2.05) is 13.0 Å². The van der Waals surface area contributed by atoms with Gasteiger partial charge in [0.25, 0.3) is 0 Å². The van der Waals surface area contributed by atoms with Gasteiger partial charge in [-0.3, -0.25) is 0 Å². The van der Waals surface area contributed by atoms with Crippen LogP contribution in [0.5, 0.6) is 0 Å². The molecule has 2 nitrogen and oxygen atoms in total. The van der Waals surface area contributed by atoms with Gasteiger partial charge in [0.1, 0.15) is 0 Å². The van der Waals surface area contributed by atoms with Crippen LogP contribution in [0.25, 0.3) is 0 Å². The topological polar surface area (TPSA) is 44.0 Å². The fraction of sp³-hybridized carbons (Fsp3) is 0.500. The van der Waals surface area contributed by atoms with Crippen LogP contribution in [0.4, 0.5) is 0 Å². The molecule has 0 amide bonds. The van der Waals surface area contributed by atoms with E-state index in [1.54, 1.807) is 12.1 Å². The third-order valence-electron chi connectivity index (χ3n) is 3.87. The van der Waals surface area contributed by atoms with Crippen LogP contribution >= 0.6 is 23.2 Å². The van der Waals surface area contributed by atoms with E-state index < -0.39 is 11.0 Å². The molecule has 96 valence electrons. The molecule has 0 spiro atoms. The van der Waals surface area contributed by atoms with E-state index in [0.29, 0.717) is 35.7 Å². The highest BCUT2D eigenvalue weighted by molar-refractivity contribution is 6.42. The van der Waals surface area contributed by atoms with Crippen LogP contribution in [-0.2, 0) is 5.41 Å². The molecule has 0 saturated heterocycles. The van der Waals surface area contributed by atoms with Gasteiger partial charge in [0.15, 0.2) is 0 Å². The van der Waals surface area contributed by atoms with Gasteiger partial charge in [-0.1, -0.05) is 29.3 Å². The molecule has 0 atom stereocenters. The van der Waals surface area contributed by atoms with Crippen molar-refractivity contribution >= 4 is 23.2 Å². The molecule has 0 bridgehead atoms. The number of hydrogen-bond donors (Lipinski definition) is 1. The second-order valence-electron chi connectivity index (χ2n) is 5.32. The first-order valence-electron chi connectivity index (χ1n) is 5.98. The summed E-state index contributed by atoms with van der Waals surface area (Å²) in [4.78, 5) is 0. The van der Waals surface area contributed by atoms with Crippen molar-refractivity contribution in [2.45, 2.75) is 43.6 Å². The fourth-order valence-corrected chi connectivity index (χ4v) is 2.77. The van der Waals surface area contributed by atoms with E-state index in [1.165, 1.54) is 0 Å². The molecule has 1 aromatic carbocycles. The molecular weight excluding hydrogens is 269 g/mol. The molecule has 2 rings (SSSR count). The van der Waals surface area contributed by atoms with E-state index in [4.69, 9.17) is 23.2 Å². The van der Waals surface area contributed by atoms with Gasteiger partial charge in [-0.05, 0) is 50.3 Å². The highest BCUT2D eigenvalue weighted by atomic mass is 35.5. The predicted molar refractivity (Wildman–Crippen MR) is 72.8 cm³/mol. The average Bonchev–Trinajstić information content (AvgIpc) is 2.34. The summed E-state index contributed by atoms with van der Waals surface area (Å²) in [7, 11) is 0. The number of halogens is 2. The highest BCUT2D eigenvalue weighted by Crippen LogP contribution is 2.43. The van der Waals surface area contributed by atoms with E-state index in [2.05, 4.69) is 6.07 Å². The SMILES string of the molecule is CC1(O)CCC(C#N)(c2ccc(Cl)c(Cl)c2)CC1. The van der Waals surface area contributed by atoms with Gasteiger partial charge >= 0.3 is 0 Å². The van der Waals surface area contributed by atoms with Crippen LogP contribution in [-0.4, -0.2) is 10.7 Å². The van der Waals surface area contributed by atoms with Crippen LogP contribution in [0, 0.1) is 11.3 Å². The van der Waals surface area contributed by atoms with Gasteiger partial charge in [-0.2, -0.15) is 5.26 Å². The lowest BCUT2D eigenvalue weighted by Gasteiger charge is -2.38. The molecule has 1 aliphatic rings. The summed E-state index contributed by atoms with van der Waals surface area (Å²) in [6, 6.07) is 7.76. The zero-order chi connectivity index (χ0) is 13.4. The summed E-state index contributed by atoms with van der Waals surface area (Å²) >= 11 is 11.9. The Labute approximate surface area is 117 Å². The molecule has 0 aromatic heterocycles. The van der Waals surface area contributed by atoms with Crippen molar-refractivity contribution in [3.8, 4) is 6.07 Å². The number of aliphatic hydroxyl groups is 1. The highest BCUT2D eigenvalue weighted by Gasteiger charge is 2.41. The molecule has 0 radical (unpaired) electrons. The van der Waals surface area contributed by atoms with Gasteiger partial charge in [0.2, 0.25) is 0 Å². The van der Waals surface area contributed by atoms with Gasteiger partial charge < -0.3 is 5.11 Å². The van der Waals surface area contributed by atoms with Gasteiger partial charge in [-0.25, -0.2) is 0 Å². The maximum Gasteiger partial charge on any atom is 0.0825 e. The lowest BCUT2D eigenvalue weighted by Crippen LogP contribution is -2.38. The molecular formula is C14H15Cl2NO. The van der Waals surface area contributed by atoms with Crippen LogP contribution < -0.4 is 0 Å². The number of benzene rings is 1. The number of nitriles is 1. The number of hydrogen-bond acceptors (Lipinski definition) is 2. The van der Waals surface area contributed by atoms with Crippen molar-refractivity contribution in [2.75, 3.05) is 0 Å². The summed E-state index contributed by atoms with van der Waals surface area (Å²) < 4.78 is 0. The van der Waals surface area contributed by atoms with Crippen molar-refractivity contribution in [3.63, 3.8) is 0 Å². The normalized spacial score (nSPS) is 31.9. The minimum atomic E-state index is -0.656. The Kier molecular flexibility index (Phi) is 3.60. The maximum absolute atomic E-state index is 9.99. The zero-order valence-corrected chi connectivity index (χ0v) is 11.7. The Morgan fingerprint density at radius 3 is 2.28 bits per heavy atom. The third-order valence-corrected chi connectivity index (χ3v) is 4.61. The van der Waals surface area contributed by atoms with E-state index >= 15 is 0 Å².